The van der Waals surface area contributed by atoms with Crippen LogP contribution in [0.15, 0.2) is 139 Å². The Morgan fingerprint density at radius 3 is 1.90 bits per heavy atom. The van der Waals surface area contributed by atoms with Crippen LogP contribution in [0.2, 0.25) is 0 Å². The monoisotopic (exact) mass is 556 g/mol. The predicted octanol–water partition coefficient (Wildman–Crippen LogP) is 7.31. The minimum absolute atomic E-state index is 0.298. The molecule has 0 aromatic heterocycles. The van der Waals surface area contributed by atoms with Crippen molar-refractivity contribution in [2.24, 2.45) is 0 Å². The normalized spacial score (nSPS) is 11.3. The molecule has 0 saturated carbocycles. The quantitative estimate of drug-likeness (QED) is 0.103. The van der Waals surface area contributed by atoms with Crippen molar-refractivity contribution in [2.75, 3.05) is 13.7 Å². The van der Waals surface area contributed by atoms with Gasteiger partial charge in [-0.2, -0.15) is 0 Å². The molecule has 0 bridgehead atoms. The van der Waals surface area contributed by atoms with Gasteiger partial charge in [0.25, 0.3) is 0 Å². The molecule has 0 saturated heterocycles. The van der Waals surface area contributed by atoms with E-state index in [1.165, 1.54) is 15.9 Å². The van der Waals surface area contributed by atoms with Crippen molar-refractivity contribution in [3.8, 4) is 16.9 Å². The lowest BCUT2D eigenvalue weighted by Gasteiger charge is -2.24. The van der Waals surface area contributed by atoms with Crippen molar-refractivity contribution in [1.82, 2.24) is 0 Å². The van der Waals surface area contributed by atoms with Gasteiger partial charge in [-0.3, -0.25) is 0 Å². The maximum absolute atomic E-state index is 13.1. The highest BCUT2D eigenvalue weighted by molar-refractivity contribution is 7.80. The third-order valence-corrected chi connectivity index (χ3v) is 9.34. The molecule has 0 heterocycles. The summed E-state index contributed by atoms with van der Waals surface area (Å²) < 4.78 is 11.2. The van der Waals surface area contributed by atoms with Crippen LogP contribution in [-0.4, -0.2) is 19.7 Å². The van der Waals surface area contributed by atoms with Gasteiger partial charge in [-0.1, -0.05) is 115 Å². The summed E-state index contributed by atoms with van der Waals surface area (Å²) in [6.07, 6.45) is 2.37. The number of ether oxygens (including phenoxy) is 2. The third kappa shape index (κ3) is 6.82. The number of benzene rings is 5. The van der Waals surface area contributed by atoms with Gasteiger partial charge >= 0.3 is 5.97 Å². The number of carbonyl (C=O) groups excluding carboxylic acids is 1. The first kappa shape index (κ1) is 28.1. The van der Waals surface area contributed by atoms with Crippen molar-refractivity contribution in [2.45, 2.75) is 13.3 Å². The lowest BCUT2D eigenvalue weighted by atomic mass is 9.94. The summed E-state index contributed by atoms with van der Waals surface area (Å²) in [5.41, 5.74) is 4.80. The fraction of sp³-hybridized carbons (Fsp3) is 0.108. The highest BCUT2D eigenvalue weighted by atomic mass is 31.1. The Kier molecular flexibility index (Phi) is 9.41. The van der Waals surface area contributed by atoms with Crippen LogP contribution >= 0.6 is 7.92 Å². The molecule has 4 heteroatoms. The Morgan fingerprint density at radius 2 is 1.29 bits per heavy atom. The van der Waals surface area contributed by atoms with E-state index < -0.39 is 7.92 Å². The minimum atomic E-state index is -0.860. The molecule has 204 valence electrons. The Balaban J connectivity index is 1.67. The Bertz CT molecular complexity index is 1570. The molecule has 5 aromatic rings. The van der Waals surface area contributed by atoms with E-state index in [4.69, 9.17) is 9.47 Å². The van der Waals surface area contributed by atoms with Gasteiger partial charge in [0.1, 0.15) is 5.75 Å². The van der Waals surface area contributed by atoms with Crippen LogP contribution in [0, 0.1) is 0 Å². The number of hydrogen-bond acceptors (Lipinski definition) is 3. The molecule has 5 aromatic carbocycles. The average Bonchev–Trinajstić information content (AvgIpc) is 3.03. The first-order chi connectivity index (χ1) is 20.2. The molecule has 5 rings (SSSR count). The van der Waals surface area contributed by atoms with E-state index in [0.29, 0.717) is 18.6 Å². The van der Waals surface area contributed by atoms with Crippen molar-refractivity contribution in [3.05, 3.63) is 150 Å². The zero-order valence-corrected chi connectivity index (χ0v) is 24.3. The van der Waals surface area contributed by atoms with E-state index in [9.17, 15) is 4.79 Å². The summed E-state index contributed by atoms with van der Waals surface area (Å²) in [7, 11) is 0.838. The molecule has 0 aliphatic rings. The van der Waals surface area contributed by atoms with E-state index in [2.05, 4.69) is 91.0 Å². The first-order valence-electron chi connectivity index (χ1n) is 13.8. The summed E-state index contributed by atoms with van der Waals surface area (Å²) >= 11 is 0. The molecular formula is C37H33O3P. The molecule has 0 fully saturated rings. The fourth-order valence-electron chi connectivity index (χ4n) is 4.93. The molecule has 0 N–H and O–H groups in total. The zero-order valence-electron chi connectivity index (χ0n) is 23.4. The maximum atomic E-state index is 13.1. The van der Waals surface area contributed by atoms with Crippen molar-refractivity contribution in [3.63, 3.8) is 0 Å². The van der Waals surface area contributed by atoms with Crippen LogP contribution in [0.5, 0.6) is 5.75 Å². The number of carbonyl (C=O) groups is 1. The highest BCUT2D eigenvalue weighted by Gasteiger charge is 2.23. The topological polar surface area (TPSA) is 35.5 Å². The number of methoxy groups -OCH3 is 1. The van der Waals surface area contributed by atoms with Gasteiger partial charge in [0, 0.05) is 12.0 Å². The van der Waals surface area contributed by atoms with Gasteiger partial charge in [0.2, 0.25) is 0 Å². The SMILES string of the molecule is CCOC(=O)/C(=C/c1ccccc1)Cc1ccccc1-c1cc(OC)ccc1P(c1ccccc1)c1ccccc1. The number of hydrogen-bond donors (Lipinski definition) is 0. The number of esters is 1. The van der Waals surface area contributed by atoms with Gasteiger partial charge < -0.3 is 9.47 Å². The van der Waals surface area contributed by atoms with Gasteiger partial charge in [0.15, 0.2) is 0 Å². The zero-order chi connectivity index (χ0) is 28.4. The van der Waals surface area contributed by atoms with Crippen LogP contribution < -0.4 is 20.7 Å². The molecule has 0 atom stereocenters. The molecular weight excluding hydrogens is 523 g/mol. The first-order valence-corrected chi connectivity index (χ1v) is 15.1. The van der Waals surface area contributed by atoms with E-state index in [1.807, 2.05) is 55.5 Å². The molecule has 0 amide bonds. The molecule has 0 radical (unpaired) electrons. The van der Waals surface area contributed by atoms with Gasteiger partial charge in [-0.25, -0.2) is 4.79 Å². The second kappa shape index (κ2) is 13.7. The van der Waals surface area contributed by atoms with Crippen molar-refractivity contribution in [1.29, 1.82) is 0 Å². The van der Waals surface area contributed by atoms with Crippen LogP contribution in [-0.2, 0) is 16.0 Å². The molecule has 3 nitrogen and oxygen atoms in total. The molecule has 0 spiro atoms. The van der Waals surface area contributed by atoms with Gasteiger partial charge in [0.05, 0.1) is 13.7 Å². The van der Waals surface area contributed by atoms with E-state index in [1.54, 1.807) is 7.11 Å². The Hall–Kier alpha value is -4.46. The maximum Gasteiger partial charge on any atom is 0.334 e. The van der Waals surface area contributed by atoms with E-state index >= 15 is 0 Å². The van der Waals surface area contributed by atoms with Crippen LogP contribution in [0.25, 0.3) is 17.2 Å². The third-order valence-electron chi connectivity index (χ3n) is 6.84. The van der Waals surface area contributed by atoms with Crippen LogP contribution in [0.4, 0.5) is 0 Å². The second-order valence-corrected chi connectivity index (χ2v) is 11.7. The van der Waals surface area contributed by atoms with Gasteiger partial charge in [-0.15, -0.1) is 0 Å². The molecule has 0 unspecified atom stereocenters. The standard InChI is InChI=1S/C37H33O3P/c1-3-40-37(38)30(25-28-15-7-4-8-16-28)26-29-17-13-14-22-34(29)35-27-31(39-2)23-24-36(35)41(32-18-9-5-10-19-32)33-20-11-6-12-21-33/h4-25,27H,3,26H2,1-2H3/b30-25+. The molecule has 0 aliphatic carbocycles. The predicted molar refractivity (Wildman–Crippen MR) is 172 cm³/mol. The molecule has 41 heavy (non-hydrogen) atoms. The summed E-state index contributed by atoms with van der Waals surface area (Å²) in [5.74, 6) is 0.493. The highest BCUT2D eigenvalue weighted by Crippen LogP contribution is 2.39. The summed E-state index contributed by atoms with van der Waals surface area (Å²) in [5, 5.41) is 3.78. The van der Waals surface area contributed by atoms with Gasteiger partial charge in [-0.05, 0) is 77.3 Å². The Labute approximate surface area is 243 Å². The fourth-order valence-corrected chi connectivity index (χ4v) is 7.38. The summed E-state index contributed by atoms with van der Waals surface area (Å²) in [4.78, 5) is 13.1. The number of rotatable bonds is 10. The Morgan fingerprint density at radius 1 is 0.707 bits per heavy atom. The van der Waals surface area contributed by atoms with Crippen molar-refractivity contribution >= 4 is 35.9 Å². The van der Waals surface area contributed by atoms with E-state index in [0.717, 1.165) is 28.0 Å². The van der Waals surface area contributed by atoms with Crippen LogP contribution in [0.3, 0.4) is 0 Å². The lowest BCUT2D eigenvalue weighted by molar-refractivity contribution is -0.138. The second-order valence-electron chi connectivity index (χ2n) is 9.52. The average molecular weight is 557 g/mol. The smallest absolute Gasteiger partial charge is 0.334 e. The van der Waals surface area contributed by atoms with E-state index in [-0.39, 0.29) is 5.97 Å². The molecule has 0 aliphatic heterocycles. The minimum Gasteiger partial charge on any atom is -0.497 e. The largest absolute Gasteiger partial charge is 0.497 e. The van der Waals surface area contributed by atoms with Crippen molar-refractivity contribution < 1.29 is 14.3 Å². The summed E-state index contributed by atoms with van der Waals surface area (Å²) in [6.45, 7) is 2.16. The van der Waals surface area contributed by atoms with Crippen LogP contribution in [0.1, 0.15) is 18.1 Å². The lowest BCUT2D eigenvalue weighted by Crippen LogP contribution is -2.22. The summed E-state index contributed by atoms with van der Waals surface area (Å²) in [6, 6.07) is 46.0.